The zero-order valence-corrected chi connectivity index (χ0v) is 14.6. The lowest BCUT2D eigenvalue weighted by Gasteiger charge is -2.44. The van der Waals surface area contributed by atoms with E-state index in [1.54, 1.807) is 4.90 Å². The van der Waals surface area contributed by atoms with Gasteiger partial charge in [0.1, 0.15) is 0 Å². The van der Waals surface area contributed by atoms with Gasteiger partial charge in [-0.05, 0) is 24.6 Å². The van der Waals surface area contributed by atoms with Crippen LogP contribution in [0.1, 0.15) is 32.4 Å². The summed E-state index contributed by atoms with van der Waals surface area (Å²) in [4.78, 5) is 27.2. The molecule has 120 valence electrons. The average Bonchev–Trinajstić information content (AvgIpc) is 2.46. The maximum absolute atomic E-state index is 12.4. The van der Waals surface area contributed by atoms with Crippen LogP contribution < -0.4 is 0 Å². The molecular weight excluding hydrogens is 348 g/mol. The number of hydrogen-bond acceptors (Lipinski definition) is 2. The van der Waals surface area contributed by atoms with Crippen LogP contribution in [0.15, 0.2) is 28.7 Å². The third-order valence-electron chi connectivity index (χ3n) is 3.99. The van der Waals surface area contributed by atoms with Crippen molar-refractivity contribution in [2.75, 3.05) is 13.1 Å². The largest absolute Gasteiger partial charge is 0.465 e. The van der Waals surface area contributed by atoms with E-state index in [1.165, 1.54) is 4.90 Å². The minimum absolute atomic E-state index is 0.0672. The number of piperazine rings is 1. The number of benzene rings is 1. The fraction of sp³-hybridized carbons (Fsp3) is 0.500. The number of rotatable bonds is 2. The molecule has 1 aromatic rings. The SMILES string of the molecule is CC(C)C(=O)N1C[C@H](c2cccc(Br)c2)N(C(=O)O)C[C@H]1C. The summed E-state index contributed by atoms with van der Waals surface area (Å²) >= 11 is 3.42. The van der Waals surface area contributed by atoms with Crippen LogP contribution in [-0.4, -0.2) is 46.0 Å². The van der Waals surface area contributed by atoms with Crippen LogP contribution in [0, 0.1) is 5.92 Å². The summed E-state index contributed by atoms with van der Waals surface area (Å²) < 4.78 is 0.899. The molecule has 1 saturated heterocycles. The van der Waals surface area contributed by atoms with Gasteiger partial charge in [-0.25, -0.2) is 4.79 Å². The van der Waals surface area contributed by atoms with E-state index in [-0.39, 0.29) is 23.9 Å². The first kappa shape index (κ1) is 16.8. The Morgan fingerprint density at radius 1 is 1.27 bits per heavy atom. The Morgan fingerprint density at radius 3 is 2.50 bits per heavy atom. The smallest absolute Gasteiger partial charge is 0.407 e. The molecule has 6 heteroatoms. The third-order valence-corrected chi connectivity index (χ3v) is 4.49. The Morgan fingerprint density at radius 2 is 1.95 bits per heavy atom. The molecule has 1 aliphatic heterocycles. The first-order valence-corrected chi connectivity index (χ1v) is 8.16. The Labute approximate surface area is 139 Å². The molecule has 0 bridgehead atoms. The second-order valence-electron chi connectivity index (χ2n) is 6.00. The van der Waals surface area contributed by atoms with Crippen molar-refractivity contribution >= 4 is 27.9 Å². The van der Waals surface area contributed by atoms with Gasteiger partial charge >= 0.3 is 6.09 Å². The lowest BCUT2D eigenvalue weighted by Crippen LogP contribution is -2.57. The minimum Gasteiger partial charge on any atom is -0.465 e. The van der Waals surface area contributed by atoms with Crippen molar-refractivity contribution in [2.24, 2.45) is 5.92 Å². The monoisotopic (exact) mass is 368 g/mol. The van der Waals surface area contributed by atoms with E-state index in [4.69, 9.17) is 0 Å². The van der Waals surface area contributed by atoms with E-state index in [9.17, 15) is 14.7 Å². The highest BCUT2D eigenvalue weighted by atomic mass is 79.9. The molecule has 0 unspecified atom stereocenters. The van der Waals surface area contributed by atoms with E-state index in [0.717, 1.165) is 10.0 Å². The topological polar surface area (TPSA) is 60.9 Å². The molecule has 1 N–H and O–H groups in total. The van der Waals surface area contributed by atoms with Crippen molar-refractivity contribution in [2.45, 2.75) is 32.9 Å². The van der Waals surface area contributed by atoms with Gasteiger partial charge in [-0.3, -0.25) is 9.69 Å². The highest BCUT2D eigenvalue weighted by molar-refractivity contribution is 9.10. The Kier molecular flexibility index (Phi) is 5.11. The molecule has 2 amide bonds. The van der Waals surface area contributed by atoms with E-state index in [0.29, 0.717) is 13.1 Å². The number of amides is 2. The molecule has 1 aromatic carbocycles. The van der Waals surface area contributed by atoms with Gasteiger partial charge in [-0.2, -0.15) is 0 Å². The van der Waals surface area contributed by atoms with Gasteiger partial charge < -0.3 is 10.0 Å². The first-order valence-electron chi connectivity index (χ1n) is 7.36. The summed E-state index contributed by atoms with van der Waals surface area (Å²) in [6.07, 6.45) is -0.950. The van der Waals surface area contributed by atoms with Gasteiger partial charge in [-0.15, -0.1) is 0 Å². The molecule has 0 aliphatic carbocycles. The standard InChI is InChI=1S/C16H21BrN2O3/c1-10(2)15(20)18-9-14(12-5-4-6-13(17)7-12)19(16(21)22)8-11(18)3/h4-7,10-11,14H,8-9H2,1-3H3,(H,21,22)/t11-,14-/m1/s1. The van der Waals surface area contributed by atoms with Crippen molar-refractivity contribution in [1.82, 2.24) is 9.80 Å². The van der Waals surface area contributed by atoms with Crippen LogP contribution in [0.2, 0.25) is 0 Å². The van der Waals surface area contributed by atoms with Crippen LogP contribution in [0.5, 0.6) is 0 Å². The summed E-state index contributed by atoms with van der Waals surface area (Å²) in [6, 6.07) is 7.14. The number of halogens is 1. The average molecular weight is 369 g/mol. The molecule has 2 rings (SSSR count). The van der Waals surface area contributed by atoms with Gasteiger partial charge in [-0.1, -0.05) is 41.9 Å². The predicted molar refractivity (Wildman–Crippen MR) is 87.6 cm³/mol. The zero-order chi connectivity index (χ0) is 16.4. The summed E-state index contributed by atoms with van der Waals surface area (Å²) in [5.41, 5.74) is 0.894. The lowest BCUT2D eigenvalue weighted by atomic mass is 9.99. The van der Waals surface area contributed by atoms with Crippen LogP contribution in [-0.2, 0) is 4.79 Å². The summed E-state index contributed by atoms with van der Waals surface area (Å²) in [6.45, 7) is 6.35. The second-order valence-corrected chi connectivity index (χ2v) is 6.92. The molecular formula is C16H21BrN2O3. The van der Waals surface area contributed by atoms with E-state index in [1.807, 2.05) is 45.0 Å². The van der Waals surface area contributed by atoms with Crippen molar-refractivity contribution in [3.63, 3.8) is 0 Å². The predicted octanol–water partition coefficient (Wildman–Crippen LogP) is 3.36. The van der Waals surface area contributed by atoms with Crippen LogP contribution in [0.3, 0.4) is 0 Å². The normalized spacial score (nSPS) is 22.0. The van der Waals surface area contributed by atoms with E-state index in [2.05, 4.69) is 15.9 Å². The fourth-order valence-corrected chi connectivity index (χ4v) is 3.24. The third kappa shape index (κ3) is 3.43. The van der Waals surface area contributed by atoms with Crippen molar-refractivity contribution < 1.29 is 14.7 Å². The number of carbonyl (C=O) groups excluding carboxylic acids is 1. The molecule has 1 aliphatic rings. The highest BCUT2D eigenvalue weighted by Crippen LogP contribution is 2.30. The lowest BCUT2D eigenvalue weighted by molar-refractivity contribution is -0.140. The van der Waals surface area contributed by atoms with Gasteiger partial charge in [0, 0.05) is 29.5 Å². The van der Waals surface area contributed by atoms with Crippen LogP contribution >= 0.6 is 15.9 Å². The van der Waals surface area contributed by atoms with E-state index >= 15 is 0 Å². The number of nitrogens with zero attached hydrogens (tertiary/aromatic N) is 2. The molecule has 1 heterocycles. The molecule has 0 spiro atoms. The van der Waals surface area contributed by atoms with E-state index < -0.39 is 6.09 Å². The highest BCUT2D eigenvalue weighted by Gasteiger charge is 2.37. The molecule has 1 fully saturated rings. The molecule has 0 aromatic heterocycles. The maximum Gasteiger partial charge on any atom is 0.407 e. The van der Waals surface area contributed by atoms with Crippen molar-refractivity contribution in [1.29, 1.82) is 0 Å². The number of hydrogen-bond donors (Lipinski definition) is 1. The van der Waals surface area contributed by atoms with Gasteiger partial charge in [0.2, 0.25) is 5.91 Å². The first-order chi connectivity index (χ1) is 10.3. The second kappa shape index (κ2) is 6.69. The maximum atomic E-state index is 12.4. The minimum atomic E-state index is -0.950. The van der Waals surface area contributed by atoms with Gasteiger partial charge in [0.05, 0.1) is 6.04 Å². The number of carbonyl (C=O) groups is 2. The summed E-state index contributed by atoms with van der Waals surface area (Å²) in [5.74, 6) is -0.0282. The van der Waals surface area contributed by atoms with Gasteiger partial charge in [0.15, 0.2) is 0 Å². The quantitative estimate of drug-likeness (QED) is 0.870. The van der Waals surface area contributed by atoms with Crippen LogP contribution in [0.4, 0.5) is 4.79 Å². The Balaban J connectivity index is 2.34. The fourth-order valence-electron chi connectivity index (χ4n) is 2.82. The molecule has 5 nitrogen and oxygen atoms in total. The van der Waals surface area contributed by atoms with Crippen LogP contribution in [0.25, 0.3) is 0 Å². The molecule has 22 heavy (non-hydrogen) atoms. The molecule has 0 radical (unpaired) electrons. The number of carboxylic acid groups (broad SMARTS) is 1. The van der Waals surface area contributed by atoms with Gasteiger partial charge in [0.25, 0.3) is 0 Å². The Hall–Kier alpha value is -1.56. The zero-order valence-electron chi connectivity index (χ0n) is 13.0. The summed E-state index contributed by atoms with van der Waals surface area (Å²) in [5, 5.41) is 9.50. The van der Waals surface area contributed by atoms with Crippen molar-refractivity contribution in [3.8, 4) is 0 Å². The van der Waals surface area contributed by atoms with Crippen molar-refractivity contribution in [3.05, 3.63) is 34.3 Å². The Bertz CT molecular complexity index is 576. The molecule has 0 saturated carbocycles. The molecule has 2 atom stereocenters. The summed E-state index contributed by atoms with van der Waals surface area (Å²) in [7, 11) is 0.